The lowest BCUT2D eigenvalue weighted by molar-refractivity contribution is -0.384. The molecule has 2 aromatic rings. The van der Waals surface area contributed by atoms with Crippen molar-refractivity contribution < 1.29 is 28.8 Å². The first-order valence-electron chi connectivity index (χ1n) is 9.04. The number of benzene rings is 2. The van der Waals surface area contributed by atoms with Gasteiger partial charge in [0.1, 0.15) is 12.2 Å². The molecule has 0 unspecified atom stereocenters. The largest absolute Gasteiger partial charge is 0.493 e. The van der Waals surface area contributed by atoms with Gasteiger partial charge >= 0.3 is 6.03 Å². The molecule has 10 nitrogen and oxygen atoms in total. The summed E-state index contributed by atoms with van der Waals surface area (Å²) in [5.74, 6) is -0.952. The lowest BCUT2D eigenvalue weighted by Crippen LogP contribution is -2.54. The van der Waals surface area contributed by atoms with Gasteiger partial charge in [0.25, 0.3) is 17.5 Å². The van der Waals surface area contributed by atoms with Crippen LogP contribution in [0.2, 0.25) is 0 Å². The third kappa shape index (κ3) is 4.61. The zero-order valence-electron chi connectivity index (χ0n) is 16.7. The molecule has 0 radical (unpaired) electrons. The Morgan fingerprint density at radius 2 is 2.00 bits per heavy atom. The molecule has 4 amide bonds. The number of urea groups is 1. The summed E-state index contributed by atoms with van der Waals surface area (Å²) >= 11 is 2.02. The third-order valence-electron chi connectivity index (χ3n) is 4.31. The minimum atomic E-state index is -1.00. The van der Waals surface area contributed by atoms with E-state index in [-0.39, 0.29) is 23.6 Å². The van der Waals surface area contributed by atoms with Gasteiger partial charge in [0.2, 0.25) is 0 Å². The number of amides is 4. The molecule has 1 aliphatic heterocycles. The average Bonchev–Trinajstić information content (AvgIpc) is 2.75. The summed E-state index contributed by atoms with van der Waals surface area (Å²) in [7, 11) is 1.45. The van der Waals surface area contributed by atoms with Gasteiger partial charge in [-0.2, -0.15) is 0 Å². The Morgan fingerprint density at radius 1 is 1.25 bits per heavy atom. The zero-order chi connectivity index (χ0) is 23.4. The molecule has 1 fully saturated rings. The number of nitrogens with one attached hydrogen (secondary N) is 1. The van der Waals surface area contributed by atoms with Crippen LogP contribution >= 0.6 is 22.6 Å². The summed E-state index contributed by atoms with van der Waals surface area (Å²) in [5.41, 5.74) is -0.224. The van der Waals surface area contributed by atoms with E-state index in [0.29, 0.717) is 25.5 Å². The van der Waals surface area contributed by atoms with Crippen LogP contribution in [0.3, 0.4) is 0 Å². The van der Waals surface area contributed by atoms with Crippen LogP contribution in [0.5, 0.6) is 11.5 Å². The highest BCUT2D eigenvalue weighted by molar-refractivity contribution is 14.1. The highest BCUT2D eigenvalue weighted by Crippen LogP contribution is 2.35. The number of hydrogen-bond donors (Lipinski definition) is 1. The second-order valence-electron chi connectivity index (χ2n) is 6.37. The second-order valence-corrected chi connectivity index (χ2v) is 7.53. The van der Waals surface area contributed by atoms with Crippen molar-refractivity contribution >= 4 is 57.9 Å². The van der Waals surface area contributed by atoms with Gasteiger partial charge in [0.15, 0.2) is 11.5 Å². The summed E-state index contributed by atoms with van der Waals surface area (Å²) in [6, 6.07) is 7.23. The number of nitro groups is 1. The Bertz CT molecular complexity index is 1180. The van der Waals surface area contributed by atoms with Crippen molar-refractivity contribution in [2.45, 2.75) is 0 Å². The Kier molecular flexibility index (Phi) is 6.88. The molecule has 0 aromatic heterocycles. The lowest BCUT2D eigenvalue weighted by Gasteiger charge is -2.26. The number of carbonyl (C=O) groups is 3. The van der Waals surface area contributed by atoms with Crippen molar-refractivity contribution in [3.05, 3.63) is 73.9 Å². The van der Waals surface area contributed by atoms with Crippen molar-refractivity contribution in [1.82, 2.24) is 5.32 Å². The number of carbonyl (C=O) groups excluding carboxylic acids is 3. The predicted octanol–water partition coefficient (Wildman–Crippen LogP) is 3.44. The summed E-state index contributed by atoms with van der Waals surface area (Å²) in [4.78, 5) is 48.8. The van der Waals surface area contributed by atoms with Gasteiger partial charge in [0.05, 0.1) is 21.3 Å². The fourth-order valence-electron chi connectivity index (χ4n) is 2.91. The minimum Gasteiger partial charge on any atom is -0.493 e. The molecular weight excluding hydrogens is 533 g/mol. The van der Waals surface area contributed by atoms with Crippen LogP contribution in [-0.2, 0) is 9.59 Å². The molecule has 0 spiro atoms. The van der Waals surface area contributed by atoms with Crippen LogP contribution in [0, 0.1) is 13.7 Å². The van der Waals surface area contributed by atoms with E-state index < -0.39 is 22.8 Å². The summed E-state index contributed by atoms with van der Waals surface area (Å²) in [5, 5.41) is 13.1. The highest BCUT2D eigenvalue weighted by Gasteiger charge is 2.37. The molecule has 0 saturated carbocycles. The first kappa shape index (κ1) is 22.9. The van der Waals surface area contributed by atoms with Crippen LogP contribution in [0.1, 0.15) is 5.56 Å². The number of hydrogen-bond acceptors (Lipinski definition) is 7. The zero-order valence-corrected chi connectivity index (χ0v) is 18.8. The van der Waals surface area contributed by atoms with E-state index in [1.165, 1.54) is 31.4 Å². The average molecular weight is 549 g/mol. The maximum atomic E-state index is 13.0. The van der Waals surface area contributed by atoms with Gasteiger partial charge in [-0.1, -0.05) is 18.7 Å². The van der Waals surface area contributed by atoms with E-state index in [0.717, 1.165) is 6.07 Å². The second kappa shape index (κ2) is 9.60. The minimum absolute atomic E-state index is 0.0413. The summed E-state index contributed by atoms with van der Waals surface area (Å²) in [6.45, 7) is 3.85. The van der Waals surface area contributed by atoms with Crippen molar-refractivity contribution in [2.24, 2.45) is 0 Å². The van der Waals surface area contributed by atoms with Crippen LogP contribution < -0.4 is 19.7 Å². The van der Waals surface area contributed by atoms with E-state index in [4.69, 9.17) is 9.47 Å². The number of anilines is 1. The topological polar surface area (TPSA) is 128 Å². The van der Waals surface area contributed by atoms with Gasteiger partial charge in [-0.25, -0.2) is 9.69 Å². The standard InChI is InChI=1S/C21H16IN3O7/c1-3-7-32-18-16(22)9-12(10-17(18)31-2)8-15-19(26)23-21(28)24(20(15)27)13-5-4-6-14(11-13)25(29)30/h3-6,8-11H,1,7H2,2H3,(H,23,26,28)/b15-8+. The normalized spacial score (nSPS) is 14.9. The van der Waals surface area contributed by atoms with Crippen molar-refractivity contribution in [1.29, 1.82) is 0 Å². The van der Waals surface area contributed by atoms with Gasteiger partial charge in [0, 0.05) is 12.1 Å². The van der Waals surface area contributed by atoms with Crippen LogP contribution in [0.4, 0.5) is 16.2 Å². The molecule has 1 saturated heterocycles. The fraction of sp³-hybridized carbons (Fsp3) is 0.0952. The van der Waals surface area contributed by atoms with Gasteiger partial charge in [-0.3, -0.25) is 25.0 Å². The molecule has 2 aromatic carbocycles. The number of imide groups is 2. The Morgan fingerprint density at radius 3 is 2.66 bits per heavy atom. The maximum Gasteiger partial charge on any atom is 0.335 e. The molecule has 0 aliphatic carbocycles. The highest BCUT2D eigenvalue weighted by atomic mass is 127. The van der Waals surface area contributed by atoms with E-state index in [1.807, 2.05) is 22.6 Å². The molecule has 11 heteroatoms. The SMILES string of the molecule is C=CCOc1c(I)cc(/C=C2\C(=O)NC(=O)N(c3cccc([N+](=O)[O-])c3)C2=O)cc1OC. The molecule has 0 atom stereocenters. The number of barbiturate groups is 1. The first-order valence-corrected chi connectivity index (χ1v) is 10.1. The molecule has 1 heterocycles. The number of non-ortho nitro benzene ring substituents is 1. The predicted molar refractivity (Wildman–Crippen MR) is 124 cm³/mol. The van der Waals surface area contributed by atoms with Gasteiger partial charge < -0.3 is 9.47 Å². The van der Waals surface area contributed by atoms with Gasteiger partial charge in [-0.15, -0.1) is 0 Å². The van der Waals surface area contributed by atoms with Crippen molar-refractivity contribution in [2.75, 3.05) is 18.6 Å². The number of methoxy groups -OCH3 is 1. The summed E-state index contributed by atoms with van der Waals surface area (Å²) < 4.78 is 11.6. The molecule has 164 valence electrons. The molecule has 0 bridgehead atoms. The molecule has 1 aliphatic rings. The number of rotatable bonds is 7. The fourth-order valence-corrected chi connectivity index (χ4v) is 3.69. The Hall–Kier alpha value is -3.74. The van der Waals surface area contributed by atoms with E-state index in [9.17, 15) is 24.5 Å². The van der Waals surface area contributed by atoms with Crippen molar-refractivity contribution in [3.63, 3.8) is 0 Å². The first-order chi connectivity index (χ1) is 15.3. The number of ether oxygens (including phenoxy) is 2. The Labute approximate surface area is 195 Å². The number of nitrogens with zero attached hydrogens (tertiary/aromatic N) is 2. The number of halogens is 1. The summed E-state index contributed by atoms with van der Waals surface area (Å²) in [6.07, 6.45) is 2.88. The monoisotopic (exact) mass is 549 g/mol. The molecule has 1 N–H and O–H groups in total. The molecule has 3 rings (SSSR count). The molecule has 32 heavy (non-hydrogen) atoms. The van der Waals surface area contributed by atoms with Gasteiger partial charge in [-0.05, 0) is 52.4 Å². The smallest absolute Gasteiger partial charge is 0.335 e. The quantitative estimate of drug-likeness (QED) is 0.140. The Balaban J connectivity index is 2.03. The van der Waals surface area contributed by atoms with Crippen LogP contribution in [0.25, 0.3) is 6.08 Å². The van der Waals surface area contributed by atoms with E-state index in [2.05, 4.69) is 11.9 Å². The third-order valence-corrected chi connectivity index (χ3v) is 5.11. The molecular formula is C21H16IN3O7. The number of nitro benzene ring substituents is 1. The van der Waals surface area contributed by atoms with Crippen molar-refractivity contribution in [3.8, 4) is 11.5 Å². The lowest BCUT2D eigenvalue weighted by atomic mass is 10.1. The van der Waals surface area contributed by atoms with Crippen LogP contribution in [0.15, 0.2) is 54.6 Å². The maximum absolute atomic E-state index is 13.0. The van der Waals surface area contributed by atoms with Crippen LogP contribution in [-0.4, -0.2) is 36.5 Å². The van der Waals surface area contributed by atoms with E-state index >= 15 is 0 Å². The van der Waals surface area contributed by atoms with E-state index in [1.54, 1.807) is 18.2 Å².